The first-order valence-electron chi connectivity index (χ1n) is 8.14. The van der Waals surface area contributed by atoms with Gasteiger partial charge in [-0.2, -0.15) is 0 Å². The van der Waals surface area contributed by atoms with Crippen LogP contribution in [-0.2, 0) is 0 Å². The molecule has 0 spiro atoms. The van der Waals surface area contributed by atoms with Crippen LogP contribution in [0.25, 0.3) is 22.3 Å². The average molecular weight is 360 g/mol. The number of hydrogen-bond donors (Lipinski definition) is 1. The zero-order valence-corrected chi connectivity index (χ0v) is 14.0. The number of rotatable bonds is 4. The Kier molecular flexibility index (Phi) is 4.18. The Morgan fingerprint density at radius 3 is 2.44 bits per heavy atom. The van der Waals surface area contributed by atoms with Gasteiger partial charge in [-0.15, -0.1) is 0 Å². The van der Waals surface area contributed by atoms with Gasteiger partial charge in [-0.1, -0.05) is 18.2 Å². The maximum absolute atomic E-state index is 13.5. The Balaban J connectivity index is 1.81. The van der Waals surface area contributed by atoms with Crippen molar-refractivity contribution in [2.45, 2.75) is 0 Å². The molecule has 3 aromatic carbocycles. The standard InChI is InChI=1S/C20H13FN4O2/c21-14-4-3-5-15(12-14)22-20-17-6-1-2-7-18(17)23-19(24-20)13-8-10-16(11-9-13)25(26)27/h1-12H,(H,22,23,24). The molecule has 0 unspecified atom stereocenters. The van der Waals surface area contributed by atoms with Crippen LogP contribution in [0.4, 0.5) is 21.6 Å². The van der Waals surface area contributed by atoms with E-state index in [1.54, 1.807) is 24.3 Å². The minimum atomic E-state index is -0.456. The number of benzene rings is 3. The maximum Gasteiger partial charge on any atom is 0.269 e. The Bertz CT molecular complexity index is 1150. The Hall–Kier alpha value is -3.87. The molecule has 0 radical (unpaired) electrons. The van der Waals surface area contributed by atoms with Gasteiger partial charge in [0.05, 0.1) is 10.4 Å². The summed E-state index contributed by atoms with van der Waals surface area (Å²) in [6, 6.07) is 19.6. The van der Waals surface area contributed by atoms with E-state index in [0.29, 0.717) is 28.4 Å². The average Bonchev–Trinajstić information content (AvgIpc) is 2.68. The number of nitro groups is 1. The molecule has 0 saturated heterocycles. The number of nitrogens with zero attached hydrogens (tertiary/aromatic N) is 3. The molecule has 0 fully saturated rings. The summed E-state index contributed by atoms with van der Waals surface area (Å²) in [4.78, 5) is 19.5. The summed E-state index contributed by atoms with van der Waals surface area (Å²) in [5.41, 5.74) is 1.92. The summed E-state index contributed by atoms with van der Waals surface area (Å²) in [6.45, 7) is 0. The van der Waals surface area contributed by atoms with Gasteiger partial charge < -0.3 is 5.32 Å². The van der Waals surface area contributed by atoms with E-state index in [4.69, 9.17) is 0 Å². The van der Waals surface area contributed by atoms with Crippen molar-refractivity contribution < 1.29 is 9.31 Å². The molecule has 0 aliphatic carbocycles. The van der Waals surface area contributed by atoms with E-state index in [1.807, 2.05) is 24.3 Å². The number of para-hydroxylation sites is 1. The van der Waals surface area contributed by atoms with E-state index < -0.39 is 4.92 Å². The van der Waals surface area contributed by atoms with Crippen molar-refractivity contribution in [1.29, 1.82) is 0 Å². The summed E-state index contributed by atoms with van der Waals surface area (Å²) in [5, 5.41) is 14.8. The first-order valence-corrected chi connectivity index (χ1v) is 8.14. The Morgan fingerprint density at radius 1 is 0.926 bits per heavy atom. The molecule has 1 N–H and O–H groups in total. The molecule has 0 atom stereocenters. The lowest BCUT2D eigenvalue weighted by Gasteiger charge is -2.11. The monoisotopic (exact) mass is 360 g/mol. The molecule has 1 aromatic heterocycles. The molecule has 27 heavy (non-hydrogen) atoms. The molecule has 132 valence electrons. The molecule has 1 heterocycles. The lowest BCUT2D eigenvalue weighted by Crippen LogP contribution is -1.99. The summed E-state index contributed by atoms with van der Waals surface area (Å²) >= 11 is 0. The molecule has 4 aromatic rings. The number of hydrogen-bond acceptors (Lipinski definition) is 5. The van der Waals surface area contributed by atoms with Crippen molar-refractivity contribution in [3.05, 3.63) is 88.7 Å². The smallest absolute Gasteiger partial charge is 0.269 e. The fourth-order valence-electron chi connectivity index (χ4n) is 2.74. The zero-order valence-electron chi connectivity index (χ0n) is 14.0. The quantitative estimate of drug-likeness (QED) is 0.405. The van der Waals surface area contributed by atoms with Crippen LogP contribution in [0.3, 0.4) is 0 Å². The van der Waals surface area contributed by atoms with E-state index in [0.717, 1.165) is 5.39 Å². The van der Waals surface area contributed by atoms with Gasteiger partial charge in [-0.25, -0.2) is 14.4 Å². The maximum atomic E-state index is 13.5. The molecule has 0 amide bonds. The van der Waals surface area contributed by atoms with Gasteiger partial charge in [0.2, 0.25) is 0 Å². The van der Waals surface area contributed by atoms with Crippen molar-refractivity contribution >= 4 is 28.1 Å². The SMILES string of the molecule is O=[N+]([O-])c1ccc(-c2nc(Nc3cccc(F)c3)c3ccccc3n2)cc1. The second kappa shape index (κ2) is 6.80. The number of halogens is 1. The number of anilines is 2. The molecule has 0 saturated carbocycles. The van der Waals surface area contributed by atoms with Crippen LogP contribution in [0.1, 0.15) is 0 Å². The van der Waals surface area contributed by atoms with Gasteiger partial charge in [-0.3, -0.25) is 10.1 Å². The normalized spacial score (nSPS) is 10.7. The van der Waals surface area contributed by atoms with Crippen molar-refractivity contribution in [2.75, 3.05) is 5.32 Å². The summed E-state index contributed by atoms with van der Waals surface area (Å²) < 4.78 is 13.5. The molecular weight excluding hydrogens is 347 g/mol. The Labute approximate surface area is 153 Å². The van der Waals surface area contributed by atoms with Crippen molar-refractivity contribution in [2.24, 2.45) is 0 Å². The summed E-state index contributed by atoms with van der Waals surface area (Å²) in [6.07, 6.45) is 0. The lowest BCUT2D eigenvalue weighted by molar-refractivity contribution is -0.384. The molecule has 0 bridgehead atoms. The van der Waals surface area contributed by atoms with E-state index in [1.165, 1.54) is 24.3 Å². The van der Waals surface area contributed by atoms with Crippen molar-refractivity contribution in [3.63, 3.8) is 0 Å². The highest BCUT2D eigenvalue weighted by molar-refractivity contribution is 5.92. The van der Waals surface area contributed by atoms with E-state index in [9.17, 15) is 14.5 Å². The topological polar surface area (TPSA) is 81.0 Å². The zero-order chi connectivity index (χ0) is 18.8. The molecule has 4 rings (SSSR count). The second-order valence-corrected chi connectivity index (χ2v) is 5.85. The van der Waals surface area contributed by atoms with Crippen LogP contribution in [0.2, 0.25) is 0 Å². The van der Waals surface area contributed by atoms with Gasteiger partial charge >= 0.3 is 0 Å². The minimum Gasteiger partial charge on any atom is -0.340 e. The van der Waals surface area contributed by atoms with E-state index in [-0.39, 0.29) is 11.5 Å². The van der Waals surface area contributed by atoms with Gasteiger partial charge in [0.15, 0.2) is 5.82 Å². The van der Waals surface area contributed by atoms with Gasteiger partial charge in [0.25, 0.3) is 5.69 Å². The first kappa shape index (κ1) is 16.6. The highest BCUT2D eigenvalue weighted by Gasteiger charge is 2.11. The summed E-state index contributed by atoms with van der Waals surface area (Å²) in [7, 11) is 0. The highest BCUT2D eigenvalue weighted by Crippen LogP contribution is 2.28. The lowest BCUT2D eigenvalue weighted by atomic mass is 10.1. The first-order chi connectivity index (χ1) is 13.1. The molecular formula is C20H13FN4O2. The predicted molar refractivity (Wildman–Crippen MR) is 101 cm³/mol. The van der Waals surface area contributed by atoms with Gasteiger partial charge in [-0.05, 0) is 42.5 Å². The number of non-ortho nitro benzene ring substituents is 1. The van der Waals surface area contributed by atoms with E-state index >= 15 is 0 Å². The molecule has 0 aliphatic rings. The molecule has 6 nitrogen and oxygen atoms in total. The van der Waals surface area contributed by atoms with Gasteiger partial charge in [0.1, 0.15) is 11.6 Å². The van der Waals surface area contributed by atoms with Crippen LogP contribution in [0, 0.1) is 15.9 Å². The van der Waals surface area contributed by atoms with Gasteiger partial charge in [0, 0.05) is 28.8 Å². The highest BCUT2D eigenvalue weighted by atomic mass is 19.1. The Morgan fingerprint density at radius 2 is 1.70 bits per heavy atom. The fraction of sp³-hybridized carbons (Fsp3) is 0. The number of nitrogens with one attached hydrogen (secondary N) is 1. The third kappa shape index (κ3) is 3.43. The number of fused-ring (bicyclic) bond motifs is 1. The van der Waals surface area contributed by atoms with Crippen LogP contribution in [0.15, 0.2) is 72.8 Å². The fourth-order valence-corrected chi connectivity index (χ4v) is 2.74. The number of nitro benzene ring substituents is 1. The van der Waals surface area contributed by atoms with Crippen LogP contribution >= 0.6 is 0 Å². The minimum absolute atomic E-state index is 0.00218. The van der Waals surface area contributed by atoms with E-state index in [2.05, 4.69) is 15.3 Å². The largest absolute Gasteiger partial charge is 0.340 e. The van der Waals surface area contributed by atoms with Crippen LogP contribution in [0.5, 0.6) is 0 Å². The van der Waals surface area contributed by atoms with Crippen molar-refractivity contribution in [1.82, 2.24) is 9.97 Å². The third-order valence-electron chi connectivity index (χ3n) is 4.03. The van der Waals surface area contributed by atoms with Crippen LogP contribution in [-0.4, -0.2) is 14.9 Å². The molecule has 7 heteroatoms. The molecule has 0 aliphatic heterocycles. The third-order valence-corrected chi connectivity index (χ3v) is 4.03. The number of aromatic nitrogens is 2. The summed E-state index contributed by atoms with van der Waals surface area (Å²) in [5.74, 6) is 0.594. The van der Waals surface area contributed by atoms with Crippen molar-refractivity contribution in [3.8, 4) is 11.4 Å². The second-order valence-electron chi connectivity index (χ2n) is 5.85. The van der Waals surface area contributed by atoms with Crippen LogP contribution < -0.4 is 5.32 Å². The predicted octanol–water partition coefficient (Wildman–Crippen LogP) is 5.09.